The summed E-state index contributed by atoms with van der Waals surface area (Å²) < 4.78 is 5.79. The number of carbonyl (C=O) groups is 1. The SMILES string of the molecule is CN(C)C[C@H]1CCN(C(=O)[C@@H]2CN(Cc3ccccc3)CCO2)C1. The molecule has 0 aromatic heterocycles. The molecule has 132 valence electrons. The molecule has 2 atom stereocenters. The molecule has 1 aromatic rings. The van der Waals surface area contributed by atoms with Gasteiger partial charge in [-0.1, -0.05) is 30.3 Å². The molecule has 2 aliphatic heterocycles. The van der Waals surface area contributed by atoms with E-state index in [2.05, 4.69) is 48.2 Å². The molecule has 5 heteroatoms. The fraction of sp³-hybridized carbons (Fsp3) is 0.632. The van der Waals surface area contributed by atoms with Gasteiger partial charge in [0.2, 0.25) is 0 Å². The average Bonchev–Trinajstić information content (AvgIpc) is 3.03. The smallest absolute Gasteiger partial charge is 0.253 e. The molecule has 2 saturated heterocycles. The first kappa shape index (κ1) is 17.4. The summed E-state index contributed by atoms with van der Waals surface area (Å²) in [7, 11) is 4.19. The normalized spacial score (nSPS) is 25.4. The van der Waals surface area contributed by atoms with Crippen LogP contribution in [-0.4, -0.2) is 80.1 Å². The molecule has 24 heavy (non-hydrogen) atoms. The van der Waals surface area contributed by atoms with Gasteiger partial charge in [0, 0.05) is 39.3 Å². The van der Waals surface area contributed by atoms with Crippen molar-refractivity contribution in [2.24, 2.45) is 5.92 Å². The standard InChI is InChI=1S/C19H29N3O2/c1-20(2)12-17-8-9-22(14-17)19(23)18-15-21(10-11-24-18)13-16-6-4-3-5-7-16/h3-7,17-18H,8-15H2,1-2H3/t17-,18+/m1/s1. The molecule has 5 nitrogen and oxygen atoms in total. The highest BCUT2D eigenvalue weighted by Crippen LogP contribution is 2.20. The van der Waals surface area contributed by atoms with E-state index in [4.69, 9.17) is 4.74 Å². The minimum atomic E-state index is -0.305. The van der Waals surface area contributed by atoms with Gasteiger partial charge in [-0.2, -0.15) is 0 Å². The van der Waals surface area contributed by atoms with Crippen LogP contribution >= 0.6 is 0 Å². The quantitative estimate of drug-likeness (QED) is 0.815. The van der Waals surface area contributed by atoms with Gasteiger partial charge in [0.1, 0.15) is 6.10 Å². The van der Waals surface area contributed by atoms with Gasteiger partial charge >= 0.3 is 0 Å². The van der Waals surface area contributed by atoms with Gasteiger partial charge in [-0.3, -0.25) is 9.69 Å². The van der Waals surface area contributed by atoms with Crippen LogP contribution in [0.3, 0.4) is 0 Å². The summed E-state index contributed by atoms with van der Waals surface area (Å²) in [4.78, 5) is 19.3. The summed E-state index contributed by atoms with van der Waals surface area (Å²) >= 11 is 0. The minimum Gasteiger partial charge on any atom is -0.366 e. The summed E-state index contributed by atoms with van der Waals surface area (Å²) in [6.45, 7) is 5.90. The summed E-state index contributed by atoms with van der Waals surface area (Å²) in [5, 5.41) is 0. The zero-order valence-corrected chi connectivity index (χ0v) is 14.9. The molecule has 0 aliphatic carbocycles. The van der Waals surface area contributed by atoms with Crippen molar-refractivity contribution in [3.8, 4) is 0 Å². The Morgan fingerprint density at radius 3 is 2.75 bits per heavy atom. The average molecular weight is 331 g/mol. The van der Waals surface area contributed by atoms with E-state index in [9.17, 15) is 4.79 Å². The van der Waals surface area contributed by atoms with Crippen LogP contribution in [0.5, 0.6) is 0 Å². The lowest BCUT2D eigenvalue weighted by Gasteiger charge is -2.34. The number of likely N-dealkylation sites (tertiary alicyclic amines) is 1. The molecule has 0 saturated carbocycles. The number of amides is 1. The third kappa shape index (κ3) is 4.56. The second kappa shape index (κ2) is 8.10. The summed E-state index contributed by atoms with van der Waals surface area (Å²) in [5.41, 5.74) is 1.29. The number of hydrogen-bond acceptors (Lipinski definition) is 4. The molecule has 1 aromatic carbocycles. The maximum Gasteiger partial charge on any atom is 0.253 e. The highest BCUT2D eigenvalue weighted by Gasteiger charge is 2.34. The van der Waals surface area contributed by atoms with E-state index in [0.717, 1.165) is 39.1 Å². The third-order valence-corrected chi connectivity index (χ3v) is 4.90. The number of rotatable bonds is 5. The number of carbonyl (C=O) groups excluding carboxylic acids is 1. The lowest BCUT2D eigenvalue weighted by Crippen LogP contribution is -2.50. The second-order valence-electron chi connectivity index (χ2n) is 7.28. The van der Waals surface area contributed by atoms with Gasteiger partial charge in [0.25, 0.3) is 5.91 Å². The Bertz CT molecular complexity index is 535. The van der Waals surface area contributed by atoms with Gasteiger partial charge in [0.15, 0.2) is 0 Å². The van der Waals surface area contributed by atoms with Gasteiger partial charge in [0.05, 0.1) is 6.61 Å². The molecule has 0 radical (unpaired) electrons. The van der Waals surface area contributed by atoms with Crippen LogP contribution < -0.4 is 0 Å². The fourth-order valence-corrected chi connectivity index (χ4v) is 3.74. The highest BCUT2D eigenvalue weighted by atomic mass is 16.5. The Hall–Kier alpha value is -1.43. The summed E-state index contributed by atoms with van der Waals surface area (Å²) in [6, 6.07) is 10.4. The lowest BCUT2D eigenvalue weighted by molar-refractivity contribution is -0.148. The first-order valence-corrected chi connectivity index (χ1v) is 8.93. The van der Waals surface area contributed by atoms with Crippen LogP contribution in [0.1, 0.15) is 12.0 Å². The maximum absolute atomic E-state index is 12.8. The largest absolute Gasteiger partial charge is 0.366 e. The Kier molecular flexibility index (Phi) is 5.87. The van der Waals surface area contributed by atoms with Gasteiger partial charge in [-0.25, -0.2) is 0 Å². The fourth-order valence-electron chi connectivity index (χ4n) is 3.74. The van der Waals surface area contributed by atoms with E-state index in [1.54, 1.807) is 0 Å². The van der Waals surface area contributed by atoms with Crippen molar-refractivity contribution in [3.63, 3.8) is 0 Å². The third-order valence-electron chi connectivity index (χ3n) is 4.90. The molecule has 0 N–H and O–H groups in total. The predicted octanol–water partition coefficient (Wildman–Crippen LogP) is 1.30. The van der Waals surface area contributed by atoms with Crippen molar-refractivity contribution in [1.29, 1.82) is 0 Å². The molecular formula is C19H29N3O2. The number of hydrogen-bond donors (Lipinski definition) is 0. The maximum atomic E-state index is 12.8. The molecule has 3 rings (SSSR count). The van der Waals surface area contributed by atoms with Crippen LogP contribution in [0.2, 0.25) is 0 Å². The summed E-state index contributed by atoms with van der Waals surface area (Å²) in [5.74, 6) is 0.766. The minimum absolute atomic E-state index is 0.175. The molecule has 2 heterocycles. The van der Waals surface area contributed by atoms with Crippen LogP contribution in [-0.2, 0) is 16.1 Å². The van der Waals surface area contributed by atoms with E-state index in [-0.39, 0.29) is 12.0 Å². The Balaban J connectivity index is 1.52. The molecule has 0 spiro atoms. The zero-order chi connectivity index (χ0) is 16.9. The Morgan fingerprint density at radius 2 is 2.00 bits per heavy atom. The van der Waals surface area contributed by atoms with Crippen LogP contribution in [0, 0.1) is 5.92 Å². The lowest BCUT2D eigenvalue weighted by atomic mass is 10.1. The second-order valence-corrected chi connectivity index (χ2v) is 7.28. The van der Waals surface area contributed by atoms with Crippen molar-refractivity contribution in [2.75, 3.05) is 53.4 Å². The van der Waals surface area contributed by atoms with Crippen molar-refractivity contribution in [3.05, 3.63) is 35.9 Å². The number of benzene rings is 1. The van der Waals surface area contributed by atoms with E-state index >= 15 is 0 Å². The first-order valence-electron chi connectivity index (χ1n) is 8.93. The Morgan fingerprint density at radius 1 is 1.21 bits per heavy atom. The topological polar surface area (TPSA) is 36.0 Å². The van der Waals surface area contributed by atoms with Crippen molar-refractivity contribution in [1.82, 2.24) is 14.7 Å². The zero-order valence-electron chi connectivity index (χ0n) is 14.9. The van der Waals surface area contributed by atoms with E-state index in [1.165, 1.54) is 5.56 Å². The molecule has 1 amide bonds. The van der Waals surface area contributed by atoms with Crippen LogP contribution in [0.15, 0.2) is 30.3 Å². The number of nitrogens with zero attached hydrogens (tertiary/aromatic N) is 3. The first-order chi connectivity index (χ1) is 11.6. The Labute approximate surface area is 145 Å². The predicted molar refractivity (Wildman–Crippen MR) is 94.7 cm³/mol. The van der Waals surface area contributed by atoms with Gasteiger partial charge < -0.3 is 14.5 Å². The molecule has 0 unspecified atom stereocenters. The van der Waals surface area contributed by atoms with Crippen LogP contribution in [0.25, 0.3) is 0 Å². The number of morpholine rings is 1. The van der Waals surface area contributed by atoms with Crippen LogP contribution in [0.4, 0.5) is 0 Å². The number of ether oxygens (including phenoxy) is 1. The van der Waals surface area contributed by atoms with E-state index < -0.39 is 0 Å². The monoisotopic (exact) mass is 331 g/mol. The molecule has 2 fully saturated rings. The van der Waals surface area contributed by atoms with E-state index in [1.807, 2.05) is 11.0 Å². The molecular weight excluding hydrogens is 302 g/mol. The molecule has 0 bridgehead atoms. The highest BCUT2D eigenvalue weighted by molar-refractivity contribution is 5.81. The van der Waals surface area contributed by atoms with Crippen molar-refractivity contribution >= 4 is 5.91 Å². The summed E-state index contributed by atoms with van der Waals surface area (Å²) in [6.07, 6.45) is 0.797. The van der Waals surface area contributed by atoms with E-state index in [0.29, 0.717) is 19.1 Å². The van der Waals surface area contributed by atoms with Gasteiger partial charge in [-0.15, -0.1) is 0 Å². The van der Waals surface area contributed by atoms with Crippen molar-refractivity contribution < 1.29 is 9.53 Å². The van der Waals surface area contributed by atoms with Crippen molar-refractivity contribution in [2.45, 2.75) is 19.1 Å². The van der Waals surface area contributed by atoms with Gasteiger partial charge in [-0.05, 0) is 32.0 Å². The molecule has 2 aliphatic rings.